The lowest BCUT2D eigenvalue weighted by atomic mass is 10.2. The summed E-state index contributed by atoms with van der Waals surface area (Å²) in [4.78, 5) is 12.7. The lowest BCUT2D eigenvalue weighted by Crippen LogP contribution is -2.52. The lowest BCUT2D eigenvalue weighted by Gasteiger charge is -2.34. The minimum absolute atomic E-state index is 0.149. The molecule has 0 saturated carbocycles. The van der Waals surface area contributed by atoms with Crippen molar-refractivity contribution in [1.82, 2.24) is 5.32 Å². The highest BCUT2D eigenvalue weighted by Crippen LogP contribution is 2.37. The third kappa shape index (κ3) is 5.28. The van der Waals surface area contributed by atoms with Crippen LogP contribution >= 0.6 is 11.6 Å². The number of nitrogens with zero attached hydrogens (tertiary/aromatic N) is 1. The Labute approximate surface area is 180 Å². The maximum Gasteiger partial charge on any atom is 0.263 e. The third-order valence-electron chi connectivity index (χ3n) is 4.43. The molecule has 2 unspecified atom stereocenters. The molecule has 0 radical (unpaired) electrons. The molecule has 1 aliphatic rings. The fourth-order valence-electron chi connectivity index (χ4n) is 2.95. The number of carbonyl (C=O) groups is 1. The maximum absolute atomic E-state index is 12.7. The van der Waals surface area contributed by atoms with Gasteiger partial charge < -0.3 is 19.5 Å². The number of methoxy groups -OCH3 is 1. The highest BCUT2D eigenvalue weighted by Gasteiger charge is 2.35. The van der Waals surface area contributed by atoms with E-state index in [2.05, 4.69) is 5.32 Å². The average Bonchev–Trinajstić information content (AvgIpc) is 2.71. The zero-order valence-corrected chi connectivity index (χ0v) is 18.4. The molecule has 0 aliphatic carbocycles. The van der Waals surface area contributed by atoms with Crippen LogP contribution in [0.1, 0.15) is 6.92 Å². The van der Waals surface area contributed by atoms with Gasteiger partial charge in [0.05, 0.1) is 31.6 Å². The number of hydrogen-bond donors (Lipinski definition) is 1. The number of sulfonamides is 1. The van der Waals surface area contributed by atoms with Gasteiger partial charge in [-0.3, -0.25) is 9.10 Å². The first-order valence-electron chi connectivity index (χ1n) is 9.18. The van der Waals surface area contributed by atoms with Gasteiger partial charge >= 0.3 is 0 Å². The summed E-state index contributed by atoms with van der Waals surface area (Å²) in [7, 11) is -2.04. The molecular weight excluding hydrogens is 432 g/mol. The minimum atomic E-state index is -3.62. The Morgan fingerprint density at radius 1 is 1.27 bits per heavy atom. The van der Waals surface area contributed by atoms with Crippen molar-refractivity contribution < 1.29 is 27.4 Å². The lowest BCUT2D eigenvalue weighted by molar-refractivity contribution is -0.128. The van der Waals surface area contributed by atoms with Gasteiger partial charge in [-0.05, 0) is 49.4 Å². The van der Waals surface area contributed by atoms with Crippen LogP contribution in [-0.2, 0) is 14.8 Å². The number of fused-ring (bicyclic) bond motifs is 1. The van der Waals surface area contributed by atoms with Crippen LogP contribution in [0.25, 0.3) is 0 Å². The van der Waals surface area contributed by atoms with Crippen LogP contribution in [0.4, 0.5) is 5.69 Å². The molecule has 0 aromatic heterocycles. The number of nitrogens with one attached hydrogen (secondary N) is 1. The van der Waals surface area contributed by atoms with Crippen molar-refractivity contribution in [2.24, 2.45) is 0 Å². The van der Waals surface area contributed by atoms with E-state index in [1.807, 2.05) is 0 Å². The van der Waals surface area contributed by atoms with Crippen molar-refractivity contribution in [1.29, 1.82) is 0 Å². The van der Waals surface area contributed by atoms with Gasteiger partial charge in [-0.25, -0.2) is 8.42 Å². The van der Waals surface area contributed by atoms with E-state index in [-0.39, 0.29) is 24.9 Å². The van der Waals surface area contributed by atoms with Crippen molar-refractivity contribution in [2.45, 2.75) is 19.1 Å². The zero-order valence-electron chi connectivity index (χ0n) is 16.8. The van der Waals surface area contributed by atoms with Gasteiger partial charge in [0.25, 0.3) is 5.91 Å². The molecule has 1 amide bonds. The first-order chi connectivity index (χ1) is 14.2. The Balaban J connectivity index is 1.63. The molecule has 30 heavy (non-hydrogen) atoms. The van der Waals surface area contributed by atoms with Gasteiger partial charge in [0, 0.05) is 5.02 Å². The highest BCUT2D eigenvalue weighted by molar-refractivity contribution is 7.92. The fourth-order valence-corrected chi connectivity index (χ4v) is 4.02. The summed E-state index contributed by atoms with van der Waals surface area (Å²) in [6.07, 6.45) is 0.0698. The van der Waals surface area contributed by atoms with E-state index < -0.39 is 22.0 Å². The van der Waals surface area contributed by atoms with Crippen LogP contribution in [-0.4, -0.2) is 53.0 Å². The van der Waals surface area contributed by atoms with Crippen molar-refractivity contribution >= 4 is 33.2 Å². The molecule has 2 aromatic rings. The van der Waals surface area contributed by atoms with Gasteiger partial charge in [0.1, 0.15) is 23.9 Å². The van der Waals surface area contributed by atoms with Crippen LogP contribution in [0.3, 0.4) is 0 Å². The fraction of sp³-hybridized carbons (Fsp3) is 0.350. The number of benzene rings is 2. The maximum atomic E-state index is 12.7. The zero-order chi connectivity index (χ0) is 21.9. The summed E-state index contributed by atoms with van der Waals surface area (Å²) in [5, 5.41) is 3.17. The first-order valence-corrected chi connectivity index (χ1v) is 11.4. The third-order valence-corrected chi connectivity index (χ3v) is 5.81. The van der Waals surface area contributed by atoms with E-state index in [0.717, 1.165) is 16.3 Å². The quantitative estimate of drug-likeness (QED) is 0.690. The van der Waals surface area contributed by atoms with Gasteiger partial charge in [-0.2, -0.15) is 0 Å². The van der Waals surface area contributed by atoms with E-state index in [1.54, 1.807) is 50.4 Å². The van der Waals surface area contributed by atoms with Gasteiger partial charge in [-0.15, -0.1) is 0 Å². The molecule has 0 saturated heterocycles. The number of carbonyl (C=O) groups excluding carboxylic acids is 1. The Hall–Kier alpha value is -2.65. The van der Waals surface area contributed by atoms with Crippen LogP contribution in [0, 0.1) is 0 Å². The van der Waals surface area contributed by atoms with Crippen molar-refractivity contribution in [3.05, 3.63) is 47.5 Å². The Bertz CT molecular complexity index is 1010. The highest BCUT2D eigenvalue weighted by atomic mass is 35.5. The van der Waals surface area contributed by atoms with E-state index in [9.17, 15) is 13.2 Å². The normalized spacial score (nSPS) is 16.8. The summed E-state index contributed by atoms with van der Waals surface area (Å²) < 4.78 is 42.1. The average molecular weight is 455 g/mol. The molecule has 1 heterocycles. The molecule has 2 aromatic carbocycles. The van der Waals surface area contributed by atoms with Gasteiger partial charge in [0.2, 0.25) is 10.0 Å². The van der Waals surface area contributed by atoms with Crippen LogP contribution < -0.4 is 23.8 Å². The summed E-state index contributed by atoms with van der Waals surface area (Å²) in [5.74, 6) is 1.20. The van der Waals surface area contributed by atoms with Crippen LogP contribution in [0.5, 0.6) is 17.2 Å². The first kappa shape index (κ1) is 22.0. The Kier molecular flexibility index (Phi) is 6.62. The second kappa shape index (κ2) is 9.01. The number of ether oxygens (including phenoxy) is 3. The molecule has 0 bridgehead atoms. The molecule has 1 N–H and O–H groups in total. The Morgan fingerprint density at radius 2 is 1.93 bits per heavy atom. The predicted molar refractivity (Wildman–Crippen MR) is 114 cm³/mol. The molecular formula is C20H23ClN2O6S. The monoisotopic (exact) mass is 454 g/mol. The van der Waals surface area contributed by atoms with E-state index in [4.69, 9.17) is 25.8 Å². The van der Waals surface area contributed by atoms with Crippen molar-refractivity contribution in [3.8, 4) is 17.2 Å². The minimum Gasteiger partial charge on any atom is -0.497 e. The second-order valence-corrected chi connectivity index (χ2v) is 9.25. The van der Waals surface area contributed by atoms with Crippen molar-refractivity contribution in [2.75, 3.05) is 30.8 Å². The molecule has 1 aliphatic heterocycles. The van der Waals surface area contributed by atoms with Crippen LogP contribution in [0.15, 0.2) is 42.5 Å². The number of anilines is 1. The van der Waals surface area contributed by atoms with Gasteiger partial charge in [-0.1, -0.05) is 11.6 Å². The molecule has 2 atom stereocenters. The SMILES string of the molecule is COc1ccc(OCC(C)NC(=O)C2CN(S(C)(=O)=O)c3cc(Cl)ccc3O2)cc1. The number of halogens is 1. The molecule has 0 spiro atoms. The predicted octanol–water partition coefficient (Wildman–Crippen LogP) is 2.46. The number of rotatable bonds is 7. The summed E-state index contributed by atoms with van der Waals surface area (Å²) in [5.41, 5.74) is 0.310. The molecule has 3 rings (SSSR count). The number of amides is 1. The Morgan fingerprint density at radius 3 is 2.57 bits per heavy atom. The van der Waals surface area contributed by atoms with Crippen LogP contribution in [0.2, 0.25) is 5.02 Å². The standard InChI is InChI=1S/C20H23ClN2O6S/c1-13(12-28-16-7-5-15(27-2)6-8-16)22-20(24)19-11-23(30(3,25)26)17-10-14(21)4-9-18(17)29-19/h4-10,13,19H,11-12H2,1-3H3,(H,22,24). The van der Waals surface area contributed by atoms with Crippen molar-refractivity contribution in [3.63, 3.8) is 0 Å². The largest absolute Gasteiger partial charge is 0.497 e. The van der Waals surface area contributed by atoms with E-state index >= 15 is 0 Å². The molecule has 0 fully saturated rings. The summed E-state index contributed by atoms with van der Waals surface area (Å²) in [6.45, 7) is 1.86. The van der Waals surface area contributed by atoms with E-state index in [0.29, 0.717) is 16.5 Å². The summed E-state index contributed by atoms with van der Waals surface area (Å²) >= 11 is 5.98. The topological polar surface area (TPSA) is 94.2 Å². The summed E-state index contributed by atoms with van der Waals surface area (Å²) in [6, 6.07) is 11.4. The molecule has 8 nitrogen and oxygen atoms in total. The van der Waals surface area contributed by atoms with Gasteiger partial charge in [0.15, 0.2) is 6.10 Å². The molecule has 10 heteroatoms. The smallest absolute Gasteiger partial charge is 0.263 e. The second-order valence-electron chi connectivity index (χ2n) is 6.91. The number of hydrogen-bond acceptors (Lipinski definition) is 6. The van der Waals surface area contributed by atoms with E-state index in [1.165, 1.54) is 6.07 Å². The molecule has 162 valence electrons.